The van der Waals surface area contributed by atoms with Crippen LogP contribution in [0.4, 0.5) is 0 Å². The quantitative estimate of drug-likeness (QED) is 0.825. The van der Waals surface area contributed by atoms with E-state index < -0.39 is 15.8 Å². The molecule has 0 aliphatic heterocycles. The second kappa shape index (κ2) is 4.52. The summed E-state index contributed by atoms with van der Waals surface area (Å²) in [5.74, 6) is -1.83. The fourth-order valence-electron chi connectivity index (χ4n) is 1.23. The van der Waals surface area contributed by atoms with E-state index in [4.69, 9.17) is 10.2 Å². The number of carboxylic acids is 1. The Bertz CT molecular complexity index is 504. The predicted molar refractivity (Wildman–Crippen MR) is 58.2 cm³/mol. The van der Waals surface area contributed by atoms with E-state index in [2.05, 4.69) is 0 Å². The van der Waals surface area contributed by atoms with Crippen molar-refractivity contribution >= 4 is 15.8 Å². The molecule has 1 aromatic rings. The number of phenols is 1. The summed E-state index contributed by atoms with van der Waals surface area (Å²) in [6, 6.07) is 3.63. The molecule has 0 bridgehead atoms. The molecule has 0 aliphatic rings. The first-order valence-electron chi connectivity index (χ1n) is 4.61. The van der Waals surface area contributed by atoms with E-state index in [-0.39, 0.29) is 28.4 Å². The zero-order valence-electron chi connectivity index (χ0n) is 8.67. The van der Waals surface area contributed by atoms with Crippen LogP contribution in [-0.4, -0.2) is 30.4 Å². The molecule has 1 rings (SSSR count). The van der Waals surface area contributed by atoms with Crippen molar-refractivity contribution in [1.29, 1.82) is 0 Å². The number of phenolic OH excluding ortho intramolecular Hbond substituents is 1. The highest BCUT2D eigenvalue weighted by Crippen LogP contribution is 2.19. The first-order chi connectivity index (χ1) is 7.35. The van der Waals surface area contributed by atoms with E-state index in [1.807, 2.05) is 0 Å². The summed E-state index contributed by atoms with van der Waals surface area (Å²) in [7, 11) is -3.29. The van der Waals surface area contributed by atoms with Crippen LogP contribution in [0.3, 0.4) is 0 Å². The number of hydrogen-bond acceptors (Lipinski definition) is 4. The molecular weight excluding hydrogens is 232 g/mol. The molecule has 88 valence electrons. The smallest absolute Gasteiger partial charge is 0.336 e. The number of aromatic carboxylic acids is 1. The van der Waals surface area contributed by atoms with Crippen LogP contribution < -0.4 is 0 Å². The number of hydrogen-bond donors (Lipinski definition) is 2. The van der Waals surface area contributed by atoms with Crippen LogP contribution in [0.15, 0.2) is 18.2 Å². The highest BCUT2D eigenvalue weighted by molar-refractivity contribution is 7.90. The lowest BCUT2D eigenvalue weighted by molar-refractivity contribution is 0.0695. The third-order valence-corrected chi connectivity index (χ3v) is 3.77. The van der Waals surface area contributed by atoms with Gasteiger partial charge in [-0.15, -0.1) is 0 Å². The molecule has 16 heavy (non-hydrogen) atoms. The summed E-state index contributed by atoms with van der Waals surface area (Å²) in [5, 5.41) is 18.0. The van der Waals surface area contributed by atoms with E-state index in [1.54, 1.807) is 0 Å². The summed E-state index contributed by atoms with van der Waals surface area (Å²) in [6.45, 7) is 1.50. The molecule has 0 radical (unpaired) electrons. The van der Waals surface area contributed by atoms with Crippen LogP contribution in [0.25, 0.3) is 0 Å². The van der Waals surface area contributed by atoms with Gasteiger partial charge in [0.25, 0.3) is 0 Å². The molecule has 0 unspecified atom stereocenters. The Balaban J connectivity index is 3.19. The Kier molecular flexibility index (Phi) is 3.54. The Hall–Kier alpha value is -1.56. The minimum atomic E-state index is -3.29. The number of carboxylic acid groups (broad SMARTS) is 1. The van der Waals surface area contributed by atoms with Crippen molar-refractivity contribution in [1.82, 2.24) is 0 Å². The van der Waals surface area contributed by atoms with Crippen molar-refractivity contribution in [2.24, 2.45) is 0 Å². The van der Waals surface area contributed by atoms with Crippen LogP contribution in [0, 0.1) is 0 Å². The van der Waals surface area contributed by atoms with Gasteiger partial charge in [-0.2, -0.15) is 0 Å². The normalized spacial score (nSPS) is 11.3. The van der Waals surface area contributed by atoms with Crippen LogP contribution in [0.2, 0.25) is 0 Å². The van der Waals surface area contributed by atoms with Gasteiger partial charge < -0.3 is 10.2 Å². The van der Waals surface area contributed by atoms with E-state index >= 15 is 0 Å². The van der Waals surface area contributed by atoms with E-state index in [1.165, 1.54) is 19.1 Å². The molecule has 0 fully saturated rings. The van der Waals surface area contributed by atoms with Gasteiger partial charge in [0.2, 0.25) is 0 Å². The van der Waals surface area contributed by atoms with Crippen molar-refractivity contribution < 1.29 is 23.4 Å². The van der Waals surface area contributed by atoms with Crippen LogP contribution in [0.5, 0.6) is 5.75 Å². The van der Waals surface area contributed by atoms with E-state index in [0.29, 0.717) is 0 Å². The number of sulfone groups is 1. The minimum Gasteiger partial charge on any atom is -0.508 e. The minimum absolute atomic E-state index is 0.0487. The maximum atomic E-state index is 11.4. The summed E-state index contributed by atoms with van der Waals surface area (Å²) in [5.41, 5.74) is 0.00387. The topological polar surface area (TPSA) is 91.7 Å². The molecule has 0 atom stereocenters. The molecule has 0 saturated heterocycles. The number of carbonyl (C=O) groups is 1. The molecule has 0 saturated carbocycles. The molecule has 5 nitrogen and oxygen atoms in total. The lowest BCUT2D eigenvalue weighted by atomic mass is 10.1. The number of rotatable bonds is 4. The second-order valence-corrected chi connectivity index (χ2v) is 5.68. The standard InChI is InChI=1S/C10H12O5S/c1-2-16(14,15)6-7-3-4-8(11)5-9(7)10(12)13/h3-5,11H,2,6H2,1H3,(H,12,13). The molecule has 0 aromatic heterocycles. The van der Waals surface area contributed by atoms with Gasteiger partial charge >= 0.3 is 5.97 Å². The summed E-state index contributed by atoms with van der Waals surface area (Å²) in [6.07, 6.45) is 0. The summed E-state index contributed by atoms with van der Waals surface area (Å²) < 4.78 is 22.7. The van der Waals surface area contributed by atoms with Crippen LogP contribution >= 0.6 is 0 Å². The van der Waals surface area contributed by atoms with E-state index in [9.17, 15) is 13.2 Å². The zero-order chi connectivity index (χ0) is 12.3. The third-order valence-electron chi connectivity index (χ3n) is 2.14. The van der Waals surface area contributed by atoms with Gasteiger partial charge in [0.1, 0.15) is 5.75 Å². The first-order valence-corrected chi connectivity index (χ1v) is 6.43. The first kappa shape index (κ1) is 12.5. The third kappa shape index (κ3) is 2.96. The average molecular weight is 244 g/mol. The summed E-state index contributed by atoms with van der Waals surface area (Å²) >= 11 is 0. The highest BCUT2D eigenvalue weighted by Gasteiger charge is 2.16. The van der Waals surface area contributed by atoms with Gasteiger partial charge in [0.05, 0.1) is 11.3 Å². The Morgan fingerprint density at radius 1 is 1.38 bits per heavy atom. The van der Waals surface area contributed by atoms with Gasteiger partial charge in [0.15, 0.2) is 9.84 Å². The zero-order valence-corrected chi connectivity index (χ0v) is 9.49. The van der Waals surface area contributed by atoms with Crippen molar-refractivity contribution in [3.63, 3.8) is 0 Å². The van der Waals surface area contributed by atoms with Gasteiger partial charge in [-0.1, -0.05) is 13.0 Å². The summed E-state index contributed by atoms with van der Waals surface area (Å²) in [4.78, 5) is 10.8. The molecule has 6 heteroatoms. The monoisotopic (exact) mass is 244 g/mol. The Morgan fingerprint density at radius 3 is 2.50 bits per heavy atom. The van der Waals surface area contributed by atoms with Crippen molar-refractivity contribution in [3.05, 3.63) is 29.3 Å². The molecule has 1 aromatic carbocycles. The SMILES string of the molecule is CCS(=O)(=O)Cc1ccc(O)cc1C(=O)O. The Morgan fingerprint density at radius 2 is 2.00 bits per heavy atom. The highest BCUT2D eigenvalue weighted by atomic mass is 32.2. The van der Waals surface area contributed by atoms with Gasteiger partial charge in [-0.25, -0.2) is 13.2 Å². The molecule has 2 N–H and O–H groups in total. The largest absolute Gasteiger partial charge is 0.508 e. The number of benzene rings is 1. The predicted octanol–water partition coefficient (Wildman–Crippen LogP) is 1.03. The van der Waals surface area contributed by atoms with E-state index in [0.717, 1.165) is 6.07 Å². The van der Waals surface area contributed by atoms with Crippen molar-refractivity contribution in [2.75, 3.05) is 5.75 Å². The second-order valence-electron chi connectivity index (χ2n) is 3.32. The van der Waals surface area contributed by atoms with Gasteiger partial charge in [0, 0.05) is 5.75 Å². The maximum absolute atomic E-state index is 11.4. The fourth-order valence-corrected chi connectivity index (χ4v) is 2.16. The lowest BCUT2D eigenvalue weighted by Gasteiger charge is -2.06. The van der Waals surface area contributed by atoms with Crippen LogP contribution in [0.1, 0.15) is 22.8 Å². The lowest BCUT2D eigenvalue weighted by Crippen LogP contribution is -2.10. The molecular formula is C10H12O5S. The number of aromatic hydroxyl groups is 1. The molecule has 0 amide bonds. The maximum Gasteiger partial charge on any atom is 0.336 e. The van der Waals surface area contributed by atoms with Crippen LogP contribution in [-0.2, 0) is 15.6 Å². The molecule has 0 heterocycles. The fraction of sp³-hybridized carbons (Fsp3) is 0.300. The van der Waals surface area contributed by atoms with Crippen molar-refractivity contribution in [2.45, 2.75) is 12.7 Å². The van der Waals surface area contributed by atoms with Crippen molar-refractivity contribution in [3.8, 4) is 5.75 Å². The Labute approximate surface area is 93.3 Å². The molecule has 0 spiro atoms. The van der Waals surface area contributed by atoms with Gasteiger partial charge in [-0.3, -0.25) is 0 Å². The molecule has 0 aliphatic carbocycles. The van der Waals surface area contributed by atoms with Gasteiger partial charge in [-0.05, 0) is 17.7 Å². The average Bonchev–Trinajstić information content (AvgIpc) is 2.20.